The Morgan fingerprint density at radius 1 is 1.10 bits per heavy atom. The van der Waals surface area contributed by atoms with Crippen LogP contribution in [0.2, 0.25) is 0 Å². The molecule has 3 aromatic rings. The fourth-order valence-corrected chi connectivity index (χ4v) is 2.66. The number of nitrogens with one attached hydrogen (secondary N) is 1. The highest BCUT2D eigenvalue weighted by Crippen LogP contribution is 2.23. The summed E-state index contributed by atoms with van der Waals surface area (Å²) in [5, 5.41) is 12.1. The quantitative estimate of drug-likeness (QED) is 0.655. The first kappa shape index (κ1) is 20.1. The number of carbonyl (C=O) groups is 1. The molecule has 0 aliphatic heterocycles. The molecular formula is C22H19F2N3O2. The van der Waals surface area contributed by atoms with Gasteiger partial charge in [0.2, 0.25) is 5.91 Å². The van der Waals surface area contributed by atoms with Gasteiger partial charge in [0.25, 0.3) is 0 Å². The van der Waals surface area contributed by atoms with Crippen LogP contribution in [0.5, 0.6) is 5.75 Å². The summed E-state index contributed by atoms with van der Waals surface area (Å²) < 4.78 is 26.4. The first-order valence-corrected chi connectivity index (χ1v) is 8.87. The molecular weight excluding hydrogens is 376 g/mol. The minimum Gasteiger partial charge on any atom is -0.508 e. The average Bonchev–Trinajstić information content (AvgIpc) is 2.66. The van der Waals surface area contributed by atoms with Crippen molar-refractivity contribution in [1.82, 2.24) is 9.97 Å². The van der Waals surface area contributed by atoms with Crippen LogP contribution < -0.4 is 5.32 Å². The van der Waals surface area contributed by atoms with E-state index in [1.54, 1.807) is 30.3 Å². The van der Waals surface area contributed by atoms with E-state index < -0.39 is 17.5 Å². The Bertz CT molecular complexity index is 1080. The molecule has 0 radical (unpaired) electrons. The molecule has 0 saturated carbocycles. The minimum atomic E-state index is -1.00. The molecule has 5 nitrogen and oxygen atoms in total. The molecule has 1 heterocycles. The molecule has 2 N–H and O–H groups in total. The fraction of sp³-hybridized carbons (Fsp3) is 0.136. The zero-order valence-corrected chi connectivity index (χ0v) is 15.9. The van der Waals surface area contributed by atoms with Gasteiger partial charge in [-0.1, -0.05) is 11.6 Å². The first-order valence-electron chi connectivity index (χ1n) is 8.87. The lowest BCUT2D eigenvalue weighted by molar-refractivity contribution is -0.115. The van der Waals surface area contributed by atoms with Gasteiger partial charge >= 0.3 is 0 Å². The normalized spacial score (nSPS) is 10.5. The van der Waals surface area contributed by atoms with E-state index in [4.69, 9.17) is 0 Å². The second-order valence-electron chi connectivity index (χ2n) is 6.73. The van der Waals surface area contributed by atoms with Crippen LogP contribution in [0.15, 0.2) is 54.2 Å². The number of phenols is 1. The van der Waals surface area contributed by atoms with Crippen LogP contribution in [0.4, 0.5) is 14.6 Å². The number of benzene rings is 2. The van der Waals surface area contributed by atoms with Crippen molar-refractivity contribution >= 4 is 17.8 Å². The maximum Gasteiger partial charge on any atom is 0.230 e. The molecule has 29 heavy (non-hydrogen) atoms. The average molecular weight is 395 g/mol. The number of hydrogen-bond donors (Lipinski definition) is 2. The molecule has 0 saturated heterocycles. The summed E-state index contributed by atoms with van der Waals surface area (Å²) in [5.74, 6) is -1.98. The van der Waals surface area contributed by atoms with Gasteiger partial charge in [0.1, 0.15) is 11.4 Å². The second kappa shape index (κ2) is 8.60. The largest absolute Gasteiger partial charge is 0.508 e. The summed E-state index contributed by atoms with van der Waals surface area (Å²) in [5.41, 5.74) is 3.11. The van der Waals surface area contributed by atoms with Crippen molar-refractivity contribution in [3.8, 4) is 17.0 Å². The van der Waals surface area contributed by atoms with Gasteiger partial charge in [-0.25, -0.2) is 18.7 Å². The van der Waals surface area contributed by atoms with Crippen molar-refractivity contribution in [3.63, 3.8) is 0 Å². The number of rotatable bonds is 5. The summed E-state index contributed by atoms with van der Waals surface area (Å²) in [6.45, 7) is 3.78. The van der Waals surface area contributed by atoms with Crippen molar-refractivity contribution in [3.05, 3.63) is 77.1 Å². The Kier molecular flexibility index (Phi) is 5.97. The van der Waals surface area contributed by atoms with Gasteiger partial charge in [0.05, 0.1) is 18.3 Å². The molecule has 1 amide bonds. The van der Waals surface area contributed by atoms with Crippen LogP contribution in [-0.4, -0.2) is 21.0 Å². The van der Waals surface area contributed by atoms with Gasteiger partial charge in [0, 0.05) is 5.56 Å². The number of aromatic nitrogens is 2. The standard InChI is InChI=1S/C22H19F2N3O2/c1-13(2)9-19-22(25-12-20(26-19)15-4-6-16(28)7-5-15)27-21(29)11-14-3-8-17(23)18(24)10-14/h3-10,12,28H,11H2,1-2H3,(H,25,27,29). The molecule has 0 atom stereocenters. The highest BCUT2D eigenvalue weighted by molar-refractivity contribution is 5.93. The van der Waals surface area contributed by atoms with E-state index in [0.29, 0.717) is 17.0 Å². The SMILES string of the molecule is CC(C)=Cc1nc(-c2ccc(O)cc2)cnc1NC(=O)Cc1ccc(F)c(F)c1. The fourth-order valence-electron chi connectivity index (χ4n) is 2.66. The van der Waals surface area contributed by atoms with Crippen LogP contribution in [-0.2, 0) is 11.2 Å². The van der Waals surface area contributed by atoms with Crippen molar-refractivity contribution in [2.24, 2.45) is 0 Å². The molecule has 0 aliphatic carbocycles. The smallest absolute Gasteiger partial charge is 0.230 e. The summed E-state index contributed by atoms with van der Waals surface area (Å²) in [4.78, 5) is 21.2. The van der Waals surface area contributed by atoms with Crippen molar-refractivity contribution < 1.29 is 18.7 Å². The second-order valence-corrected chi connectivity index (χ2v) is 6.73. The Hall–Kier alpha value is -3.61. The van der Waals surface area contributed by atoms with E-state index in [2.05, 4.69) is 15.3 Å². The lowest BCUT2D eigenvalue weighted by Gasteiger charge is -2.10. The van der Waals surface area contributed by atoms with Gasteiger partial charge in [-0.15, -0.1) is 0 Å². The third-order valence-corrected chi connectivity index (χ3v) is 3.99. The molecule has 7 heteroatoms. The number of allylic oxidation sites excluding steroid dienone is 1. The van der Waals surface area contributed by atoms with Crippen molar-refractivity contribution in [2.45, 2.75) is 20.3 Å². The minimum absolute atomic E-state index is 0.132. The van der Waals surface area contributed by atoms with Gasteiger partial charge in [-0.2, -0.15) is 0 Å². The van der Waals surface area contributed by atoms with E-state index in [0.717, 1.165) is 23.3 Å². The number of carbonyl (C=O) groups excluding carboxylic acids is 1. The Morgan fingerprint density at radius 2 is 1.83 bits per heavy atom. The molecule has 0 unspecified atom stereocenters. The van der Waals surface area contributed by atoms with Crippen LogP contribution >= 0.6 is 0 Å². The monoisotopic (exact) mass is 395 g/mol. The Balaban J connectivity index is 1.85. The number of phenolic OH excluding ortho intramolecular Hbond substituents is 1. The maximum absolute atomic E-state index is 13.3. The summed E-state index contributed by atoms with van der Waals surface area (Å²) in [6.07, 6.45) is 3.17. The molecule has 0 aliphatic rings. The first-order chi connectivity index (χ1) is 13.8. The number of hydrogen-bond acceptors (Lipinski definition) is 4. The predicted molar refractivity (Wildman–Crippen MR) is 107 cm³/mol. The number of anilines is 1. The lowest BCUT2D eigenvalue weighted by atomic mass is 10.1. The van der Waals surface area contributed by atoms with Gasteiger partial charge in [0.15, 0.2) is 17.5 Å². The Morgan fingerprint density at radius 3 is 2.48 bits per heavy atom. The van der Waals surface area contributed by atoms with E-state index in [9.17, 15) is 18.7 Å². The van der Waals surface area contributed by atoms with E-state index >= 15 is 0 Å². The molecule has 148 valence electrons. The highest BCUT2D eigenvalue weighted by Gasteiger charge is 2.13. The zero-order chi connectivity index (χ0) is 21.0. The number of halogens is 2. The van der Waals surface area contributed by atoms with E-state index in [1.165, 1.54) is 12.3 Å². The molecule has 0 bridgehead atoms. The van der Waals surface area contributed by atoms with Gasteiger partial charge < -0.3 is 10.4 Å². The van der Waals surface area contributed by atoms with Crippen molar-refractivity contribution in [2.75, 3.05) is 5.32 Å². The van der Waals surface area contributed by atoms with Crippen LogP contribution in [0, 0.1) is 11.6 Å². The van der Waals surface area contributed by atoms with Crippen LogP contribution in [0.1, 0.15) is 25.1 Å². The molecule has 1 aromatic heterocycles. The predicted octanol–water partition coefficient (Wildman–Crippen LogP) is 4.73. The van der Waals surface area contributed by atoms with Crippen LogP contribution in [0.3, 0.4) is 0 Å². The maximum atomic E-state index is 13.3. The van der Waals surface area contributed by atoms with Gasteiger partial charge in [-0.3, -0.25) is 4.79 Å². The van der Waals surface area contributed by atoms with E-state index in [1.807, 2.05) is 13.8 Å². The lowest BCUT2D eigenvalue weighted by Crippen LogP contribution is -2.17. The highest BCUT2D eigenvalue weighted by atomic mass is 19.2. The third kappa shape index (κ3) is 5.22. The van der Waals surface area contributed by atoms with Crippen molar-refractivity contribution in [1.29, 1.82) is 0 Å². The number of nitrogens with zero attached hydrogens (tertiary/aromatic N) is 2. The summed E-state index contributed by atoms with van der Waals surface area (Å²) >= 11 is 0. The topological polar surface area (TPSA) is 75.1 Å². The summed E-state index contributed by atoms with van der Waals surface area (Å²) in [7, 11) is 0. The third-order valence-electron chi connectivity index (χ3n) is 3.99. The summed E-state index contributed by atoms with van der Waals surface area (Å²) in [6, 6.07) is 9.86. The molecule has 2 aromatic carbocycles. The number of aromatic hydroxyl groups is 1. The molecule has 0 spiro atoms. The molecule has 0 fully saturated rings. The Labute approximate surface area is 166 Å². The van der Waals surface area contributed by atoms with Crippen LogP contribution in [0.25, 0.3) is 17.3 Å². The number of amides is 1. The molecule has 3 rings (SSSR count). The zero-order valence-electron chi connectivity index (χ0n) is 15.9. The van der Waals surface area contributed by atoms with Gasteiger partial charge in [-0.05, 0) is 61.9 Å². The van der Waals surface area contributed by atoms with E-state index in [-0.39, 0.29) is 18.0 Å².